The van der Waals surface area contributed by atoms with Crippen molar-refractivity contribution in [1.82, 2.24) is 19.7 Å². The topological polar surface area (TPSA) is 77.0 Å². The van der Waals surface area contributed by atoms with Crippen LogP contribution >= 0.6 is 0 Å². The third-order valence-corrected chi connectivity index (χ3v) is 6.06. The van der Waals surface area contributed by atoms with E-state index in [1.807, 2.05) is 24.3 Å². The number of hydrogen-bond acceptors (Lipinski definition) is 4. The summed E-state index contributed by atoms with van der Waals surface area (Å²) in [5, 5.41) is 12.0. The monoisotopic (exact) mass is 382 g/mol. The van der Waals surface area contributed by atoms with E-state index in [1.54, 1.807) is 41.1 Å². The van der Waals surface area contributed by atoms with Crippen LogP contribution in [0.3, 0.4) is 0 Å². The van der Waals surface area contributed by atoms with Crippen LogP contribution in [0.1, 0.15) is 23.2 Å². The number of urea groups is 1. The Balaban J connectivity index is 1.51. The fourth-order valence-electron chi connectivity index (χ4n) is 4.33. The van der Waals surface area contributed by atoms with Crippen molar-refractivity contribution in [2.45, 2.75) is 18.4 Å². The maximum Gasteiger partial charge on any atom is 0.319 e. The lowest BCUT2D eigenvalue weighted by Gasteiger charge is -2.50. The van der Waals surface area contributed by atoms with Crippen LogP contribution in [0.25, 0.3) is 10.9 Å². The van der Waals surface area contributed by atoms with Crippen LogP contribution in [0.5, 0.6) is 0 Å². The second-order valence-corrected chi connectivity index (χ2v) is 8.09. The van der Waals surface area contributed by atoms with E-state index in [9.17, 15) is 14.7 Å². The van der Waals surface area contributed by atoms with Crippen molar-refractivity contribution in [3.8, 4) is 0 Å². The Morgan fingerprint density at radius 2 is 1.86 bits per heavy atom. The Bertz CT molecular complexity index is 915. The van der Waals surface area contributed by atoms with E-state index < -0.39 is 5.60 Å². The van der Waals surface area contributed by atoms with Gasteiger partial charge in [0.1, 0.15) is 0 Å². The van der Waals surface area contributed by atoms with Gasteiger partial charge >= 0.3 is 6.03 Å². The molecule has 1 aromatic carbocycles. The van der Waals surface area contributed by atoms with Crippen molar-refractivity contribution in [2.75, 3.05) is 40.3 Å². The molecule has 2 atom stereocenters. The molecule has 1 N–H and O–H groups in total. The van der Waals surface area contributed by atoms with Crippen LogP contribution in [-0.2, 0) is 0 Å². The van der Waals surface area contributed by atoms with Gasteiger partial charge in [-0.3, -0.25) is 9.78 Å². The number of pyridine rings is 1. The van der Waals surface area contributed by atoms with E-state index in [2.05, 4.69) is 4.98 Å². The summed E-state index contributed by atoms with van der Waals surface area (Å²) in [6.07, 6.45) is 2.84. The summed E-state index contributed by atoms with van der Waals surface area (Å²) in [5.74, 6) is -0.172. The molecule has 7 heteroatoms. The smallest absolute Gasteiger partial charge is 0.319 e. The summed E-state index contributed by atoms with van der Waals surface area (Å²) < 4.78 is 0. The Labute approximate surface area is 164 Å². The third kappa shape index (κ3) is 3.30. The van der Waals surface area contributed by atoms with Crippen LogP contribution in [-0.4, -0.2) is 82.6 Å². The second-order valence-electron chi connectivity index (χ2n) is 8.09. The van der Waals surface area contributed by atoms with Crippen LogP contribution in [0.15, 0.2) is 36.5 Å². The van der Waals surface area contributed by atoms with Gasteiger partial charge in [0.25, 0.3) is 5.91 Å². The molecule has 2 aliphatic rings. The highest BCUT2D eigenvalue weighted by molar-refractivity contribution is 5.98. The molecule has 148 valence electrons. The largest absolute Gasteiger partial charge is 0.389 e. The van der Waals surface area contributed by atoms with Crippen molar-refractivity contribution in [1.29, 1.82) is 0 Å². The molecule has 3 amide bonds. The number of aromatic nitrogens is 1. The molecule has 0 aliphatic carbocycles. The standard InChI is InChI=1S/C21H26N4O3/c1-23(2)20(27)25-11-8-21(28)7-10-24(13-17(21)14-25)19(26)16-5-6-18-15(12-16)4-3-9-22-18/h3-6,9,12,17,28H,7-8,10-11,13-14H2,1-2H3/t17-,21-/m0/s1. The van der Waals surface area contributed by atoms with Gasteiger partial charge in [-0.2, -0.15) is 0 Å². The fourth-order valence-corrected chi connectivity index (χ4v) is 4.33. The minimum Gasteiger partial charge on any atom is -0.389 e. The van der Waals surface area contributed by atoms with E-state index >= 15 is 0 Å². The Hall–Kier alpha value is -2.67. The average Bonchev–Trinajstić information content (AvgIpc) is 2.71. The molecule has 0 radical (unpaired) electrons. The molecule has 7 nitrogen and oxygen atoms in total. The molecule has 0 spiro atoms. The number of aliphatic hydroxyl groups is 1. The number of piperidine rings is 2. The number of hydrogen-bond donors (Lipinski definition) is 1. The molecule has 2 fully saturated rings. The third-order valence-electron chi connectivity index (χ3n) is 6.06. The molecule has 4 rings (SSSR count). The molecule has 0 unspecified atom stereocenters. The summed E-state index contributed by atoms with van der Waals surface area (Å²) in [6.45, 7) is 2.00. The average molecular weight is 382 g/mol. The number of amides is 3. The van der Waals surface area contributed by atoms with E-state index in [0.717, 1.165) is 10.9 Å². The van der Waals surface area contributed by atoms with Crippen molar-refractivity contribution in [2.24, 2.45) is 5.92 Å². The number of rotatable bonds is 1. The van der Waals surface area contributed by atoms with Gasteiger partial charge in [-0.15, -0.1) is 0 Å². The van der Waals surface area contributed by atoms with E-state index in [-0.39, 0.29) is 17.9 Å². The zero-order valence-corrected chi connectivity index (χ0v) is 16.3. The van der Waals surface area contributed by atoms with Gasteiger partial charge in [0, 0.05) is 63.3 Å². The van der Waals surface area contributed by atoms with Crippen molar-refractivity contribution < 1.29 is 14.7 Å². The predicted molar refractivity (Wildman–Crippen MR) is 106 cm³/mol. The Kier molecular flexibility index (Phi) is 4.71. The van der Waals surface area contributed by atoms with E-state index in [4.69, 9.17) is 0 Å². The van der Waals surface area contributed by atoms with Crippen LogP contribution in [0.4, 0.5) is 4.79 Å². The minimum absolute atomic E-state index is 0.0381. The summed E-state index contributed by atoms with van der Waals surface area (Å²) in [4.78, 5) is 34.8. The molecule has 0 saturated carbocycles. The predicted octanol–water partition coefficient (Wildman–Crippen LogP) is 1.82. The van der Waals surface area contributed by atoms with Gasteiger partial charge in [0.05, 0.1) is 11.1 Å². The van der Waals surface area contributed by atoms with Crippen LogP contribution in [0, 0.1) is 5.92 Å². The Morgan fingerprint density at radius 1 is 1.14 bits per heavy atom. The molecule has 28 heavy (non-hydrogen) atoms. The fraction of sp³-hybridized carbons (Fsp3) is 0.476. The summed E-state index contributed by atoms with van der Waals surface area (Å²) >= 11 is 0. The molecule has 0 bridgehead atoms. The summed E-state index contributed by atoms with van der Waals surface area (Å²) in [5.41, 5.74) is 0.688. The number of likely N-dealkylation sites (tertiary alicyclic amines) is 2. The van der Waals surface area contributed by atoms with Crippen molar-refractivity contribution >= 4 is 22.8 Å². The Morgan fingerprint density at radius 3 is 2.61 bits per heavy atom. The SMILES string of the molecule is CN(C)C(=O)N1CC[C@@]2(O)CCN(C(=O)c3ccc4ncccc4c3)C[C@H]2C1. The highest BCUT2D eigenvalue weighted by atomic mass is 16.3. The van der Waals surface area contributed by atoms with Gasteiger partial charge in [-0.1, -0.05) is 6.07 Å². The first-order valence-electron chi connectivity index (χ1n) is 9.70. The molecule has 3 heterocycles. The maximum atomic E-state index is 13.1. The first-order valence-corrected chi connectivity index (χ1v) is 9.70. The molecule has 1 aromatic heterocycles. The van der Waals surface area contributed by atoms with E-state index in [0.29, 0.717) is 44.6 Å². The van der Waals surface area contributed by atoms with Crippen LogP contribution in [0.2, 0.25) is 0 Å². The highest BCUT2D eigenvalue weighted by Crippen LogP contribution is 2.36. The zero-order valence-electron chi connectivity index (χ0n) is 16.3. The number of fused-ring (bicyclic) bond motifs is 2. The minimum atomic E-state index is -0.798. The van der Waals surface area contributed by atoms with Crippen LogP contribution < -0.4 is 0 Å². The quantitative estimate of drug-likeness (QED) is 0.816. The van der Waals surface area contributed by atoms with Gasteiger partial charge < -0.3 is 19.8 Å². The molecule has 2 aromatic rings. The van der Waals surface area contributed by atoms with Crippen molar-refractivity contribution in [3.63, 3.8) is 0 Å². The summed E-state index contributed by atoms with van der Waals surface area (Å²) in [7, 11) is 3.46. The van der Waals surface area contributed by atoms with Gasteiger partial charge in [-0.25, -0.2) is 4.79 Å². The molecular formula is C21H26N4O3. The lowest BCUT2D eigenvalue weighted by Crippen LogP contribution is -2.62. The highest BCUT2D eigenvalue weighted by Gasteiger charge is 2.47. The maximum absolute atomic E-state index is 13.1. The van der Waals surface area contributed by atoms with E-state index in [1.165, 1.54) is 0 Å². The van der Waals surface area contributed by atoms with Crippen molar-refractivity contribution in [3.05, 3.63) is 42.1 Å². The molecule has 2 aliphatic heterocycles. The number of benzene rings is 1. The normalized spacial score (nSPS) is 24.8. The van der Waals surface area contributed by atoms with Gasteiger partial charge in [-0.05, 0) is 37.1 Å². The first kappa shape index (κ1) is 18.7. The number of nitrogens with zero attached hydrogens (tertiary/aromatic N) is 4. The second kappa shape index (κ2) is 7.05. The number of carbonyl (C=O) groups is 2. The lowest BCUT2D eigenvalue weighted by molar-refractivity contribution is -0.100. The first-order chi connectivity index (χ1) is 13.4. The lowest BCUT2D eigenvalue weighted by atomic mass is 9.75. The zero-order chi connectivity index (χ0) is 19.9. The number of carbonyl (C=O) groups excluding carboxylic acids is 2. The van der Waals surface area contributed by atoms with Gasteiger partial charge in [0.15, 0.2) is 0 Å². The van der Waals surface area contributed by atoms with Gasteiger partial charge in [0.2, 0.25) is 0 Å². The molecule has 2 saturated heterocycles. The summed E-state index contributed by atoms with van der Waals surface area (Å²) in [6, 6.07) is 9.29. The molecular weight excluding hydrogens is 356 g/mol.